The van der Waals surface area contributed by atoms with Gasteiger partial charge in [-0.3, -0.25) is 4.98 Å². The molecule has 2 aromatic heterocycles. The highest BCUT2D eigenvalue weighted by atomic mass is 35.5. The van der Waals surface area contributed by atoms with Crippen LogP contribution in [0.3, 0.4) is 0 Å². The van der Waals surface area contributed by atoms with Crippen LogP contribution in [0, 0.1) is 0 Å². The fourth-order valence-electron chi connectivity index (χ4n) is 3.37. The number of methoxy groups -OCH3 is 2. The lowest BCUT2D eigenvalue weighted by atomic mass is 10.0. The van der Waals surface area contributed by atoms with Gasteiger partial charge in [0.25, 0.3) is 0 Å². The van der Waals surface area contributed by atoms with Crippen molar-refractivity contribution in [3.63, 3.8) is 0 Å². The van der Waals surface area contributed by atoms with Crippen molar-refractivity contribution < 1.29 is 9.47 Å². The number of benzene rings is 1. The number of nitrogens with one attached hydrogen (secondary N) is 1. The number of hydrogen-bond donors (Lipinski definition) is 1. The van der Waals surface area contributed by atoms with E-state index >= 15 is 0 Å². The molecule has 0 aliphatic carbocycles. The van der Waals surface area contributed by atoms with Crippen molar-refractivity contribution in [3.8, 4) is 11.5 Å². The Kier molecular flexibility index (Phi) is 5.39. The van der Waals surface area contributed by atoms with Crippen LogP contribution in [0.25, 0.3) is 0 Å². The van der Waals surface area contributed by atoms with Gasteiger partial charge in [-0.05, 0) is 48.6 Å². The van der Waals surface area contributed by atoms with E-state index in [4.69, 9.17) is 33.3 Å². The molecular weight excluding hydrogens is 414 g/mol. The highest BCUT2D eigenvalue weighted by Gasteiger charge is 2.42. The number of thiocarbonyl (C=S) groups is 1. The summed E-state index contributed by atoms with van der Waals surface area (Å²) < 4.78 is 11.7. The minimum absolute atomic E-state index is 0.109. The quantitative estimate of drug-likeness (QED) is 0.574. The van der Waals surface area contributed by atoms with E-state index in [-0.39, 0.29) is 12.1 Å². The summed E-state index contributed by atoms with van der Waals surface area (Å²) in [4.78, 5) is 7.70. The van der Waals surface area contributed by atoms with Crippen molar-refractivity contribution in [1.82, 2.24) is 10.3 Å². The van der Waals surface area contributed by atoms with Crippen LogP contribution in [0.4, 0.5) is 5.69 Å². The predicted octanol–water partition coefficient (Wildman–Crippen LogP) is 4.99. The molecule has 8 heteroatoms. The number of hydrogen-bond acceptors (Lipinski definition) is 5. The normalized spacial score (nSPS) is 18.8. The summed E-state index contributed by atoms with van der Waals surface area (Å²) in [5, 5.41) is 4.03. The summed E-state index contributed by atoms with van der Waals surface area (Å²) in [7, 11) is 3.27. The Morgan fingerprint density at radius 1 is 1.14 bits per heavy atom. The fourth-order valence-corrected chi connectivity index (χ4v) is 4.90. The van der Waals surface area contributed by atoms with E-state index in [9.17, 15) is 0 Å². The number of halogens is 1. The molecule has 0 amide bonds. The minimum Gasteiger partial charge on any atom is -0.497 e. The third kappa shape index (κ3) is 3.41. The SMILES string of the molecule is COc1ccc(N2C(=S)NC(c3ccccn3)C2c2ccc(Cl)s2)c(OC)c1. The van der Waals surface area contributed by atoms with Crippen molar-refractivity contribution >= 4 is 46.0 Å². The zero-order valence-electron chi connectivity index (χ0n) is 15.3. The van der Waals surface area contributed by atoms with Crippen molar-refractivity contribution in [3.05, 3.63) is 69.6 Å². The standard InChI is InChI=1S/C20H18ClN3O2S2/c1-25-12-6-7-14(15(11-12)26-2)24-19(16-8-9-17(21)28-16)18(23-20(24)27)13-5-3-4-10-22-13/h3-11,18-19H,1-2H3,(H,23,27). The molecule has 2 atom stereocenters. The molecule has 0 saturated carbocycles. The molecule has 1 aliphatic heterocycles. The Hall–Kier alpha value is -2.35. The number of ether oxygens (including phenoxy) is 2. The molecule has 5 nitrogen and oxygen atoms in total. The van der Waals surface area contributed by atoms with Crippen LogP contribution >= 0.6 is 35.2 Å². The average Bonchev–Trinajstić information content (AvgIpc) is 3.30. The number of aromatic nitrogens is 1. The molecule has 144 valence electrons. The van der Waals surface area contributed by atoms with E-state index in [0.29, 0.717) is 10.9 Å². The van der Waals surface area contributed by atoms with Crippen molar-refractivity contribution in [2.75, 3.05) is 19.1 Å². The van der Waals surface area contributed by atoms with Crippen LogP contribution < -0.4 is 19.7 Å². The average molecular weight is 432 g/mol. The van der Waals surface area contributed by atoms with Gasteiger partial charge >= 0.3 is 0 Å². The van der Waals surface area contributed by atoms with Crippen molar-refractivity contribution in [2.45, 2.75) is 12.1 Å². The maximum Gasteiger partial charge on any atom is 0.174 e. The molecule has 0 radical (unpaired) electrons. The van der Waals surface area contributed by atoms with Gasteiger partial charge in [-0.15, -0.1) is 11.3 Å². The summed E-state index contributed by atoms with van der Waals surface area (Å²) in [5.74, 6) is 1.40. The summed E-state index contributed by atoms with van der Waals surface area (Å²) in [6.07, 6.45) is 1.79. The Bertz CT molecular complexity index is 996. The van der Waals surface area contributed by atoms with E-state index in [1.54, 1.807) is 20.4 Å². The lowest BCUT2D eigenvalue weighted by molar-refractivity contribution is 0.394. The number of nitrogens with zero attached hydrogens (tertiary/aromatic N) is 2. The lowest BCUT2D eigenvalue weighted by Crippen LogP contribution is -2.29. The van der Waals surface area contributed by atoms with E-state index < -0.39 is 0 Å². The second-order valence-corrected chi connectivity index (χ2v) is 8.31. The first-order chi connectivity index (χ1) is 13.6. The van der Waals surface area contributed by atoms with Crippen LogP contribution in [0.5, 0.6) is 11.5 Å². The molecule has 3 heterocycles. The number of rotatable bonds is 5. The van der Waals surface area contributed by atoms with Crippen LogP contribution in [0.1, 0.15) is 22.7 Å². The van der Waals surface area contributed by atoms with E-state index in [1.807, 2.05) is 48.5 Å². The van der Waals surface area contributed by atoms with Gasteiger partial charge in [0.15, 0.2) is 5.11 Å². The minimum atomic E-state index is -0.116. The summed E-state index contributed by atoms with van der Waals surface area (Å²) in [6, 6.07) is 15.3. The third-order valence-corrected chi connectivity index (χ3v) is 6.25. The Morgan fingerprint density at radius 3 is 2.64 bits per heavy atom. The maximum absolute atomic E-state index is 6.25. The molecule has 3 aromatic rings. The highest BCUT2D eigenvalue weighted by Crippen LogP contribution is 2.47. The Morgan fingerprint density at radius 2 is 2.00 bits per heavy atom. The molecule has 1 saturated heterocycles. The van der Waals surface area contributed by atoms with Crippen LogP contribution in [0.15, 0.2) is 54.7 Å². The first kappa shape index (κ1) is 19.0. The van der Waals surface area contributed by atoms with E-state index in [1.165, 1.54) is 11.3 Å². The molecule has 4 rings (SSSR count). The van der Waals surface area contributed by atoms with Gasteiger partial charge in [0.05, 0.1) is 42.0 Å². The maximum atomic E-state index is 6.25. The van der Waals surface area contributed by atoms with Crippen molar-refractivity contribution in [1.29, 1.82) is 0 Å². The summed E-state index contributed by atoms with van der Waals surface area (Å²) in [5.41, 5.74) is 1.77. The third-order valence-electron chi connectivity index (χ3n) is 4.63. The van der Waals surface area contributed by atoms with Crippen LogP contribution in [-0.4, -0.2) is 24.3 Å². The molecule has 0 spiro atoms. The van der Waals surface area contributed by atoms with Gasteiger partial charge in [0.1, 0.15) is 11.5 Å². The largest absolute Gasteiger partial charge is 0.497 e. The zero-order valence-corrected chi connectivity index (χ0v) is 17.6. The molecule has 28 heavy (non-hydrogen) atoms. The lowest BCUT2D eigenvalue weighted by Gasteiger charge is -2.28. The monoisotopic (exact) mass is 431 g/mol. The highest BCUT2D eigenvalue weighted by molar-refractivity contribution is 7.80. The number of thiophene rings is 1. The fraction of sp³-hybridized carbons (Fsp3) is 0.200. The first-order valence-electron chi connectivity index (χ1n) is 8.60. The molecule has 0 bridgehead atoms. The summed E-state index contributed by atoms with van der Waals surface area (Å²) in [6.45, 7) is 0. The Balaban J connectivity index is 1.84. The molecule has 2 unspecified atom stereocenters. The predicted molar refractivity (Wildman–Crippen MR) is 117 cm³/mol. The molecule has 1 aliphatic rings. The molecule has 1 fully saturated rings. The van der Waals surface area contributed by atoms with Crippen LogP contribution in [-0.2, 0) is 0 Å². The second kappa shape index (κ2) is 7.95. The van der Waals surface area contributed by atoms with Gasteiger partial charge in [0.2, 0.25) is 0 Å². The van der Waals surface area contributed by atoms with Gasteiger partial charge in [-0.25, -0.2) is 0 Å². The van der Waals surface area contributed by atoms with E-state index in [0.717, 1.165) is 26.3 Å². The van der Waals surface area contributed by atoms with Gasteiger partial charge < -0.3 is 19.7 Å². The van der Waals surface area contributed by atoms with Gasteiger partial charge in [-0.1, -0.05) is 17.7 Å². The summed E-state index contributed by atoms with van der Waals surface area (Å²) >= 11 is 13.5. The van der Waals surface area contributed by atoms with Crippen molar-refractivity contribution in [2.24, 2.45) is 0 Å². The van der Waals surface area contributed by atoms with Crippen LogP contribution in [0.2, 0.25) is 4.34 Å². The Labute approximate surface area is 177 Å². The van der Waals surface area contributed by atoms with Gasteiger partial charge in [-0.2, -0.15) is 0 Å². The smallest absolute Gasteiger partial charge is 0.174 e. The first-order valence-corrected chi connectivity index (χ1v) is 10.2. The topological polar surface area (TPSA) is 46.6 Å². The zero-order chi connectivity index (χ0) is 19.7. The van der Waals surface area contributed by atoms with Gasteiger partial charge in [0, 0.05) is 17.1 Å². The second-order valence-electron chi connectivity index (χ2n) is 6.18. The molecule has 1 aromatic carbocycles. The molecule has 1 N–H and O–H groups in total. The van der Waals surface area contributed by atoms with E-state index in [2.05, 4.69) is 15.2 Å². The molecular formula is C20H18ClN3O2S2. The number of anilines is 1. The number of pyridine rings is 1.